The molecule has 0 saturated heterocycles. The summed E-state index contributed by atoms with van der Waals surface area (Å²) in [6, 6.07) is 7.94. The Balaban J connectivity index is 2.43. The van der Waals surface area contributed by atoms with E-state index in [0.29, 0.717) is 6.61 Å². The van der Waals surface area contributed by atoms with Gasteiger partial charge in [0.05, 0.1) is 6.61 Å². The molecule has 2 N–H and O–H groups in total. The molecule has 0 bridgehead atoms. The highest BCUT2D eigenvalue weighted by Crippen LogP contribution is 2.17. The van der Waals surface area contributed by atoms with Gasteiger partial charge >= 0.3 is 0 Å². The second-order valence-electron chi connectivity index (χ2n) is 3.56. The summed E-state index contributed by atoms with van der Waals surface area (Å²) in [4.78, 5) is 0. The first-order valence-electron chi connectivity index (χ1n) is 5.21. The van der Waals surface area contributed by atoms with Crippen molar-refractivity contribution in [3.05, 3.63) is 29.8 Å². The van der Waals surface area contributed by atoms with Gasteiger partial charge < -0.3 is 15.2 Å². The summed E-state index contributed by atoms with van der Waals surface area (Å²) in [5.74, 6) is 0.876. The lowest BCUT2D eigenvalue weighted by atomic mass is 10.1. The molecule has 1 atom stereocenters. The fourth-order valence-corrected chi connectivity index (χ4v) is 1.28. The van der Waals surface area contributed by atoms with Crippen LogP contribution in [0.3, 0.4) is 0 Å². The second kappa shape index (κ2) is 6.43. The molecule has 0 aliphatic carbocycles. The lowest BCUT2D eigenvalue weighted by Crippen LogP contribution is -2.06. The van der Waals surface area contributed by atoms with Gasteiger partial charge in [-0.25, -0.2) is 0 Å². The zero-order valence-electron chi connectivity index (χ0n) is 9.40. The van der Waals surface area contributed by atoms with Gasteiger partial charge in [-0.3, -0.25) is 0 Å². The second-order valence-corrected chi connectivity index (χ2v) is 3.56. The zero-order chi connectivity index (χ0) is 11.1. The Morgan fingerprint density at radius 1 is 1.33 bits per heavy atom. The molecule has 1 aromatic rings. The van der Waals surface area contributed by atoms with E-state index in [1.54, 1.807) is 7.11 Å². The predicted molar refractivity (Wildman–Crippen MR) is 61.0 cm³/mol. The fraction of sp³-hybridized carbons (Fsp3) is 0.500. The van der Waals surface area contributed by atoms with Gasteiger partial charge in [0, 0.05) is 26.2 Å². The van der Waals surface area contributed by atoms with Crippen LogP contribution >= 0.6 is 0 Å². The zero-order valence-corrected chi connectivity index (χ0v) is 9.40. The van der Waals surface area contributed by atoms with E-state index in [0.717, 1.165) is 24.3 Å². The molecular formula is C12H19NO2. The number of hydrogen-bond acceptors (Lipinski definition) is 3. The Morgan fingerprint density at radius 2 is 2.13 bits per heavy atom. The van der Waals surface area contributed by atoms with E-state index >= 15 is 0 Å². The highest BCUT2D eigenvalue weighted by atomic mass is 16.5. The van der Waals surface area contributed by atoms with Gasteiger partial charge in [0.1, 0.15) is 5.75 Å². The largest absolute Gasteiger partial charge is 0.493 e. The van der Waals surface area contributed by atoms with Crippen LogP contribution in [0, 0.1) is 0 Å². The number of methoxy groups -OCH3 is 1. The van der Waals surface area contributed by atoms with Gasteiger partial charge in [-0.1, -0.05) is 12.1 Å². The number of benzene rings is 1. The number of nitrogens with two attached hydrogens (primary N) is 1. The molecular weight excluding hydrogens is 190 g/mol. The quantitative estimate of drug-likeness (QED) is 0.730. The van der Waals surface area contributed by atoms with E-state index in [1.165, 1.54) is 0 Å². The van der Waals surface area contributed by atoms with Crippen molar-refractivity contribution in [2.75, 3.05) is 20.3 Å². The van der Waals surface area contributed by atoms with Crippen molar-refractivity contribution in [1.29, 1.82) is 0 Å². The van der Waals surface area contributed by atoms with Crippen molar-refractivity contribution in [3.63, 3.8) is 0 Å². The Morgan fingerprint density at radius 3 is 2.80 bits per heavy atom. The van der Waals surface area contributed by atoms with E-state index < -0.39 is 0 Å². The van der Waals surface area contributed by atoms with E-state index in [-0.39, 0.29) is 6.04 Å². The van der Waals surface area contributed by atoms with Crippen LogP contribution in [0.25, 0.3) is 0 Å². The number of rotatable bonds is 6. The molecule has 0 radical (unpaired) electrons. The van der Waals surface area contributed by atoms with Crippen LogP contribution in [0.4, 0.5) is 0 Å². The topological polar surface area (TPSA) is 44.5 Å². The summed E-state index contributed by atoms with van der Waals surface area (Å²) in [5.41, 5.74) is 6.88. The van der Waals surface area contributed by atoms with Gasteiger partial charge in [0.15, 0.2) is 0 Å². The van der Waals surface area contributed by atoms with E-state index in [4.69, 9.17) is 15.2 Å². The molecule has 0 spiro atoms. The third kappa shape index (κ3) is 4.32. The molecule has 1 rings (SSSR count). The van der Waals surface area contributed by atoms with Crippen LogP contribution in [0.1, 0.15) is 24.9 Å². The summed E-state index contributed by atoms with van der Waals surface area (Å²) in [7, 11) is 1.69. The summed E-state index contributed by atoms with van der Waals surface area (Å²) in [6.45, 7) is 3.37. The summed E-state index contributed by atoms with van der Waals surface area (Å²) < 4.78 is 10.5. The van der Waals surface area contributed by atoms with Gasteiger partial charge in [0.2, 0.25) is 0 Å². The molecule has 0 saturated carbocycles. The maximum atomic E-state index is 5.78. The molecule has 15 heavy (non-hydrogen) atoms. The van der Waals surface area contributed by atoms with Crippen molar-refractivity contribution >= 4 is 0 Å². The molecule has 84 valence electrons. The predicted octanol–water partition coefficient (Wildman–Crippen LogP) is 2.12. The minimum atomic E-state index is 0.0486. The van der Waals surface area contributed by atoms with E-state index in [2.05, 4.69) is 0 Å². The highest BCUT2D eigenvalue weighted by molar-refractivity contribution is 5.30. The van der Waals surface area contributed by atoms with Crippen molar-refractivity contribution in [3.8, 4) is 5.75 Å². The number of ether oxygens (including phenoxy) is 2. The average molecular weight is 209 g/mol. The Bertz CT molecular complexity index is 287. The maximum absolute atomic E-state index is 5.78. The minimum Gasteiger partial charge on any atom is -0.493 e. The van der Waals surface area contributed by atoms with Crippen molar-refractivity contribution in [1.82, 2.24) is 0 Å². The normalized spacial score (nSPS) is 12.5. The Hall–Kier alpha value is -1.06. The van der Waals surface area contributed by atoms with Crippen LogP contribution in [0.5, 0.6) is 5.75 Å². The van der Waals surface area contributed by atoms with E-state index in [9.17, 15) is 0 Å². The summed E-state index contributed by atoms with van der Waals surface area (Å²) in [6.07, 6.45) is 0.902. The first-order chi connectivity index (χ1) is 7.24. The lowest BCUT2D eigenvalue weighted by Gasteiger charge is -2.09. The summed E-state index contributed by atoms with van der Waals surface area (Å²) in [5, 5.41) is 0. The molecule has 0 aromatic heterocycles. The van der Waals surface area contributed by atoms with Gasteiger partial charge in [-0.15, -0.1) is 0 Å². The molecule has 0 aliphatic rings. The van der Waals surface area contributed by atoms with Crippen molar-refractivity contribution in [2.45, 2.75) is 19.4 Å². The first-order valence-corrected chi connectivity index (χ1v) is 5.21. The molecule has 0 heterocycles. The Labute approximate surface area is 91.2 Å². The number of hydrogen-bond donors (Lipinski definition) is 1. The highest BCUT2D eigenvalue weighted by Gasteiger charge is 2.00. The van der Waals surface area contributed by atoms with Gasteiger partial charge in [-0.05, 0) is 24.6 Å². The average Bonchev–Trinajstić information content (AvgIpc) is 2.25. The molecule has 3 heteroatoms. The van der Waals surface area contributed by atoms with E-state index in [1.807, 2.05) is 31.2 Å². The molecule has 3 nitrogen and oxygen atoms in total. The monoisotopic (exact) mass is 209 g/mol. The lowest BCUT2D eigenvalue weighted by molar-refractivity contribution is 0.172. The summed E-state index contributed by atoms with van der Waals surface area (Å²) >= 11 is 0. The molecule has 1 aromatic carbocycles. The standard InChI is InChI=1S/C12H19NO2/c1-10(13)11-5-3-6-12(9-11)15-8-4-7-14-2/h3,5-6,9-10H,4,7-8,13H2,1-2H3. The third-order valence-corrected chi connectivity index (χ3v) is 2.15. The van der Waals surface area contributed by atoms with Crippen LogP contribution in [-0.4, -0.2) is 20.3 Å². The van der Waals surface area contributed by atoms with Gasteiger partial charge in [-0.2, -0.15) is 0 Å². The van der Waals surface area contributed by atoms with Crippen LogP contribution in [0.2, 0.25) is 0 Å². The van der Waals surface area contributed by atoms with Gasteiger partial charge in [0.25, 0.3) is 0 Å². The minimum absolute atomic E-state index is 0.0486. The molecule has 0 aliphatic heterocycles. The van der Waals surface area contributed by atoms with Crippen LogP contribution < -0.4 is 10.5 Å². The SMILES string of the molecule is COCCCOc1cccc(C(C)N)c1. The maximum Gasteiger partial charge on any atom is 0.119 e. The van der Waals surface area contributed by atoms with Crippen molar-refractivity contribution in [2.24, 2.45) is 5.73 Å². The Kier molecular flexibility index (Phi) is 5.15. The fourth-order valence-electron chi connectivity index (χ4n) is 1.28. The molecule has 0 fully saturated rings. The molecule has 1 unspecified atom stereocenters. The van der Waals surface area contributed by atoms with Crippen LogP contribution in [0.15, 0.2) is 24.3 Å². The molecule has 0 amide bonds. The smallest absolute Gasteiger partial charge is 0.119 e. The third-order valence-electron chi connectivity index (χ3n) is 2.15. The van der Waals surface area contributed by atoms with Crippen LogP contribution in [-0.2, 0) is 4.74 Å². The van der Waals surface area contributed by atoms with Crippen molar-refractivity contribution < 1.29 is 9.47 Å². The first kappa shape index (κ1) is 12.0.